The maximum Gasteiger partial charge on any atom is 0.144 e. The number of hydrazine groups is 1. The van der Waals surface area contributed by atoms with Crippen molar-refractivity contribution in [2.45, 2.75) is 0 Å². The number of benzene rings is 4. The van der Waals surface area contributed by atoms with Crippen molar-refractivity contribution in [3.8, 4) is 5.75 Å². The van der Waals surface area contributed by atoms with Gasteiger partial charge in [0.1, 0.15) is 5.75 Å². The van der Waals surface area contributed by atoms with Crippen LogP contribution in [0, 0.1) is 0 Å². The second-order valence-electron chi connectivity index (χ2n) is 5.68. The molecule has 3 nitrogen and oxygen atoms in total. The Kier molecular flexibility index (Phi) is 3.67. The molecule has 0 bridgehead atoms. The minimum Gasteiger partial charge on any atom is -0.494 e. The van der Waals surface area contributed by atoms with Gasteiger partial charge in [-0.3, -0.25) is 5.43 Å². The summed E-state index contributed by atoms with van der Waals surface area (Å²) in [6.45, 7) is 0. The Morgan fingerprint density at radius 1 is 0.625 bits per heavy atom. The Bertz CT molecular complexity index is 1010. The van der Waals surface area contributed by atoms with Gasteiger partial charge in [-0.15, -0.1) is 0 Å². The van der Waals surface area contributed by atoms with E-state index in [9.17, 15) is 0 Å². The molecule has 0 aromatic heterocycles. The van der Waals surface area contributed by atoms with Crippen LogP contribution in [0.5, 0.6) is 5.75 Å². The quantitative estimate of drug-likeness (QED) is 0.492. The lowest BCUT2D eigenvalue weighted by Gasteiger charge is -2.15. The number of hydrogen-bond donors (Lipinski definition) is 2. The summed E-state index contributed by atoms with van der Waals surface area (Å²) in [6, 6.07) is 26.9. The Labute approximate surface area is 140 Å². The number of anilines is 2. The first kappa shape index (κ1) is 14.4. The fraction of sp³-hybridized carbons (Fsp3) is 0.0476. The molecular weight excluding hydrogens is 296 g/mol. The second-order valence-corrected chi connectivity index (χ2v) is 5.68. The van der Waals surface area contributed by atoms with Gasteiger partial charge in [-0.2, -0.15) is 0 Å². The van der Waals surface area contributed by atoms with Crippen LogP contribution < -0.4 is 15.6 Å². The summed E-state index contributed by atoms with van der Waals surface area (Å²) in [5, 5.41) is 4.70. The minimum absolute atomic E-state index is 0.807. The summed E-state index contributed by atoms with van der Waals surface area (Å²) in [6.07, 6.45) is 0. The number of hydrogen-bond acceptors (Lipinski definition) is 3. The predicted octanol–water partition coefficient (Wildman–Crippen LogP) is 5.44. The first-order chi connectivity index (χ1) is 11.8. The largest absolute Gasteiger partial charge is 0.494 e. The van der Waals surface area contributed by atoms with Crippen molar-refractivity contribution in [1.82, 2.24) is 0 Å². The lowest BCUT2D eigenvalue weighted by atomic mass is 10.1. The van der Waals surface area contributed by atoms with Crippen LogP contribution >= 0.6 is 0 Å². The summed E-state index contributed by atoms with van der Waals surface area (Å²) in [5.74, 6) is 0.807. The Morgan fingerprint density at radius 2 is 1.25 bits per heavy atom. The molecule has 4 aromatic carbocycles. The van der Waals surface area contributed by atoms with E-state index in [1.807, 2.05) is 36.4 Å². The van der Waals surface area contributed by atoms with Crippen LogP contribution in [0.4, 0.5) is 11.4 Å². The molecule has 0 heterocycles. The summed E-state index contributed by atoms with van der Waals surface area (Å²) < 4.78 is 5.53. The molecule has 0 spiro atoms. The van der Waals surface area contributed by atoms with Crippen molar-refractivity contribution in [1.29, 1.82) is 0 Å². The molecule has 0 aliphatic rings. The Hall–Kier alpha value is -3.20. The van der Waals surface area contributed by atoms with Gasteiger partial charge >= 0.3 is 0 Å². The van der Waals surface area contributed by atoms with E-state index in [-0.39, 0.29) is 0 Å². The van der Waals surface area contributed by atoms with Crippen LogP contribution in [0.2, 0.25) is 0 Å². The third kappa shape index (κ3) is 2.61. The van der Waals surface area contributed by atoms with Gasteiger partial charge in [0.15, 0.2) is 0 Å². The third-order valence-corrected chi connectivity index (χ3v) is 4.19. The summed E-state index contributed by atoms with van der Waals surface area (Å²) in [4.78, 5) is 0. The fourth-order valence-electron chi connectivity index (χ4n) is 2.96. The van der Waals surface area contributed by atoms with E-state index in [0.717, 1.165) is 22.5 Å². The van der Waals surface area contributed by atoms with E-state index in [1.54, 1.807) is 7.11 Å². The van der Waals surface area contributed by atoms with Crippen molar-refractivity contribution in [2.24, 2.45) is 0 Å². The molecule has 0 radical (unpaired) electrons. The van der Waals surface area contributed by atoms with Crippen LogP contribution in [0.1, 0.15) is 0 Å². The normalized spacial score (nSPS) is 10.7. The van der Waals surface area contributed by atoms with Crippen LogP contribution in [0.15, 0.2) is 78.9 Å². The SMILES string of the molecule is COc1cc2ccccc2cc1NNc1cccc2ccccc12. The van der Waals surface area contributed by atoms with E-state index in [0.29, 0.717) is 0 Å². The standard InChI is InChI=1S/C21H18N2O/c1-24-21-14-17-9-3-2-8-16(17)13-20(21)23-22-19-12-6-10-15-7-4-5-11-18(15)19/h2-14,22-23H,1H3. The van der Waals surface area contributed by atoms with E-state index >= 15 is 0 Å². The third-order valence-electron chi connectivity index (χ3n) is 4.19. The fourth-order valence-corrected chi connectivity index (χ4v) is 2.96. The first-order valence-corrected chi connectivity index (χ1v) is 7.92. The highest BCUT2D eigenvalue weighted by Gasteiger charge is 2.06. The predicted molar refractivity (Wildman–Crippen MR) is 102 cm³/mol. The number of ether oxygens (including phenoxy) is 1. The molecule has 3 heteroatoms. The second kappa shape index (κ2) is 6.13. The van der Waals surface area contributed by atoms with Crippen LogP contribution in [-0.4, -0.2) is 7.11 Å². The molecule has 118 valence electrons. The number of nitrogens with one attached hydrogen (secondary N) is 2. The van der Waals surface area contributed by atoms with Gasteiger partial charge in [0.05, 0.1) is 18.5 Å². The Morgan fingerprint density at radius 3 is 2.04 bits per heavy atom. The molecule has 0 unspecified atom stereocenters. The van der Waals surface area contributed by atoms with Crippen LogP contribution in [0.3, 0.4) is 0 Å². The average molecular weight is 314 g/mol. The molecule has 2 N–H and O–H groups in total. The summed E-state index contributed by atoms with van der Waals surface area (Å²) in [5.41, 5.74) is 8.54. The minimum atomic E-state index is 0.807. The molecule has 0 saturated carbocycles. The van der Waals surface area contributed by atoms with E-state index in [2.05, 4.69) is 53.3 Å². The highest BCUT2D eigenvalue weighted by Crippen LogP contribution is 2.31. The zero-order valence-corrected chi connectivity index (χ0v) is 13.4. The van der Waals surface area contributed by atoms with Crippen molar-refractivity contribution in [3.63, 3.8) is 0 Å². The van der Waals surface area contributed by atoms with Crippen LogP contribution in [-0.2, 0) is 0 Å². The molecule has 0 fully saturated rings. The first-order valence-electron chi connectivity index (χ1n) is 7.92. The maximum atomic E-state index is 5.53. The van der Waals surface area contributed by atoms with Crippen molar-refractivity contribution >= 4 is 32.9 Å². The van der Waals surface area contributed by atoms with Gasteiger partial charge in [-0.05, 0) is 34.4 Å². The molecular formula is C21H18N2O. The van der Waals surface area contributed by atoms with Crippen LogP contribution in [0.25, 0.3) is 21.5 Å². The molecule has 4 rings (SSSR count). The highest BCUT2D eigenvalue weighted by atomic mass is 16.5. The molecule has 24 heavy (non-hydrogen) atoms. The molecule has 0 amide bonds. The Balaban J connectivity index is 1.69. The maximum absolute atomic E-state index is 5.53. The van der Waals surface area contributed by atoms with Crippen molar-refractivity contribution < 1.29 is 4.74 Å². The van der Waals surface area contributed by atoms with E-state index < -0.39 is 0 Å². The van der Waals surface area contributed by atoms with Gasteiger partial charge < -0.3 is 10.2 Å². The van der Waals surface area contributed by atoms with Gasteiger partial charge in [0.25, 0.3) is 0 Å². The molecule has 0 aliphatic carbocycles. The van der Waals surface area contributed by atoms with E-state index in [4.69, 9.17) is 4.74 Å². The highest BCUT2D eigenvalue weighted by molar-refractivity contribution is 5.95. The van der Waals surface area contributed by atoms with E-state index in [1.165, 1.54) is 16.2 Å². The summed E-state index contributed by atoms with van der Waals surface area (Å²) in [7, 11) is 1.69. The molecule has 0 saturated heterocycles. The zero-order valence-electron chi connectivity index (χ0n) is 13.4. The lowest BCUT2D eigenvalue weighted by molar-refractivity contribution is 0.417. The van der Waals surface area contributed by atoms with Gasteiger partial charge in [-0.25, -0.2) is 0 Å². The van der Waals surface area contributed by atoms with Crippen molar-refractivity contribution in [2.75, 3.05) is 18.0 Å². The summed E-state index contributed by atoms with van der Waals surface area (Å²) >= 11 is 0. The molecule has 4 aromatic rings. The smallest absolute Gasteiger partial charge is 0.144 e. The molecule has 0 atom stereocenters. The van der Waals surface area contributed by atoms with Gasteiger partial charge in [0.2, 0.25) is 0 Å². The van der Waals surface area contributed by atoms with Gasteiger partial charge in [-0.1, -0.05) is 60.7 Å². The zero-order chi connectivity index (χ0) is 16.4. The molecule has 0 aliphatic heterocycles. The topological polar surface area (TPSA) is 33.3 Å². The number of methoxy groups -OCH3 is 1. The number of fused-ring (bicyclic) bond motifs is 2. The number of rotatable bonds is 4. The average Bonchev–Trinajstić information content (AvgIpc) is 2.65. The van der Waals surface area contributed by atoms with Gasteiger partial charge in [0, 0.05) is 5.39 Å². The monoisotopic (exact) mass is 314 g/mol. The van der Waals surface area contributed by atoms with Crippen molar-refractivity contribution in [3.05, 3.63) is 78.9 Å². The lowest BCUT2D eigenvalue weighted by Crippen LogP contribution is -2.10.